The van der Waals surface area contributed by atoms with E-state index in [1.165, 1.54) is 0 Å². The van der Waals surface area contributed by atoms with Crippen molar-refractivity contribution in [3.63, 3.8) is 0 Å². The standard InChI is InChI=1S/C14H17NO4S/c1-8-2-3-12-9(4-8)13(16)10(5-19-12)15-7-20-6-11(15)14(17)18/h2-4,10-11,13,16H,5-7H2,1H3,(H,17,18). The van der Waals surface area contributed by atoms with Crippen LogP contribution in [0.15, 0.2) is 18.2 Å². The van der Waals surface area contributed by atoms with Crippen molar-refractivity contribution in [2.45, 2.75) is 25.1 Å². The number of aliphatic carboxylic acids is 1. The number of rotatable bonds is 2. The second-order valence-corrected chi connectivity index (χ2v) is 6.23. The summed E-state index contributed by atoms with van der Waals surface area (Å²) in [6.45, 7) is 2.28. The Kier molecular flexibility index (Phi) is 3.62. The third-order valence-electron chi connectivity index (χ3n) is 3.89. The summed E-state index contributed by atoms with van der Waals surface area (Å²) < 4.78 is 5.70. The fourth-order valence-corrected chi connectivity index (χ4v) is 4.02. The fourth-order valence-electron chi connectivity index (χ4n) is 2.78. The lowest BCUT2D eigenvalue weighted by molar-refractivity contribution is -0.144. The summed E-state index contributed by atoms with van der Waals surface area (Å²) in [4.78, 5) is 13.1. The minimum atomic E-state index is -0.836. The Hall–Kier alpha value is -1.24. The maximum atomic E-state index is 11.3. The molecule has 1 fully saturated rings. The third-order valence-corrected chi connectivity index (χ3v) is 4.92. The second-order valence-electron chi connectivity index (χ2n) is 5.23. The monoisotopic (exact) mass is 295 g/mol. The largest absolute Gasteiger partial charge is 0.491 e. The van der Waals surface area contributed by atoms with Gasteiger partial charge in [0.25, 0.3) is 0 Å². The van der Waals surface area contributed by atoms with Crippen LogP contribution in [0.3, 0.4) is 0 Å². The molecular formula is C14H17NO4S. The van der Waals surface area contributed by atoms with Gasteiger partial charge in [-0.1, -0.05) is 11.6 Å². The lowest BCUT2D eigenvalue weighted by Gasteiger charge is -2.37. The van der Waals surface area contributed by atoms with Crippen LogP contribution in [0, 0.1) is 6.92 Å². The molecule has 1 saturated heterocycles. The molecule has 20 heavy (non-hydrogen) atoms. The van der Waals surface area contributed by atoms with Crippen molar-refractivity contribution in [3.8, 4) is 5.75 Å². The van der Waals surface area contributed by atoms with Crippen LogP contribution in [0.4, 0.5) is 0 Å². The highest BCUT2D eigenvalue weighted by Crippen LogP contribution is 2.37. The van der Waals surface area contributed by atoms with Crippen molar-refractivity contribution >= 4 is 17.7 Å². The Labute approximate surface area is 121 Å². The number of hydrogen-bond donors (Lipinski definition) is 2. The van der Waals surface area contributed by atoms with Crippen LogP contribution in [0.2, 0.25) is 0 Å². The number of fused-ring (bicyclic) bond motifs is 1. The van der Waals surface area contributed by atoms with Gasteiger partial charge in [0.1, 0.15) is 24.5 Å². The van der Waals surface area contributed by atoms with Gasteiger partial charge in [0.05, 0.1) is 6.04 Å². The molecule has 2 heterocycles. The number of nitrogens with zero attached hydrogens (tertiary/aromatic N) is 1. The van der Waals surface area contributed by atoms with Crippen LogP contribution in [-0.2, 0) is 4.79 Å². The molecule has 2 aliphatic heterocycles. The van der Waals surface area contributed by atoms with Crippen LogP contribution >= 0.6 is 11.8 Å². The van der Waals surface area contributed by atoms with E-state index in [0.717, 1.165) is 11.1 Å². The number of carboxylic acids is 1. The fraction of sp³-hybridized carbons (Fsp3) is 0.500. The molecule has 2 aliphatic rings. The Bertz CT molecular complexity index is 536. The van der Waals surface area contributed by atoms with Crippen LogP contribution < -0.4 is 4.74 Å². The van der Waals surface area contributed by atoms with Gasteiger partial charge in [-0.3, -0.25) is 9.69 Å². The summed E-state index contributed by atoms with van der Waals surface area (Å²) in [5.74, 6) is 1.03. The molecule has 0 aliphatic carbocycles. The average molecular weight is 295 g/mol. The Morgan fingerprint density at radius 1 is 1.50 bits per heavy atom. The maximum absolute atomic E-state index is 11.3. The van der Waals surface area contributed by atoms with E-state index in [0.29, 0.717) is 24.0 Å². The van der Waals surface area contributed by atoms with E-state index in [4.69, 9.17) is 4.74 Å². The van der Waals surface area contributed by atoms with Gasteiger partial charge in [-0.15, -0.1) is 11.8 Å². The van der Waals surface area contributed by atoms with Crippen molar-refractivity contribution < 1.29 is 19.7 Å². The van der Waals surface area contributed by atoms with Crippen molar-refractivity contribution in [1.82, 2.24) is 4.90 Å². The van der Waals surface area contributed by atoms with Gasteiger partial charge in [0.2, 0.25) is 0 Å². The molecule has 0 saturated carbocycles. The van der Waals surface area contributed by atoms with Crippen molar-refractivity contribution in [2.75, 3.05) is 18.2 Å². The molecule has 3 unspecified atom stereocenters. The lowest BCUT2D eigenvalue weighted by atomic mass is 9.96. The molecule has 0 radical (unpaired) electrons. The summed E-state index contributed by atoms with van der Waals surface area (Å²) in [6, 6.07) is 4.86. The second kappa shape index (κ2) is 5.27. The number of ether oxygens (including phenoxy) is 1. The molecule has 5 nitrogen and oxygen atoms in total. The van der Waals surface area contributed by atoms with Gasteiger partial charge in [-0.05, 0) is 19.1 Å². The summed E-state index contributed by atoms with van der Waals surface area (Å²) in [5, 5.41) is 19.8. The van der Waals surface area contributed by atoms with E-state index in [-0.39, 0.29) is 6.04 Å². The summed E-state index contributed by atoms with van der Waals surface area (Å²) in [6.07, 6.45) is -0.709. The molecule has 3 atom stereocenters. The maximum Gasteiger partial charge on any atom is 0.321 e. The molecule has 0 bridgehead atoms. The molecule has 0 spiro atoms. The highest BCUT2D eigenvalue weighted by molar-refractivity contribution is 7.99. The first-order valence-corrected chi connectivity index (χ1v) is 7.71. The van der Waals surface area contributed by atoms with Crippen molar-refractivity contribution in [2.24, 2.45) is 0 Å². The van der Waals surface area contributed by atoms with E-state index in [1.807, 2.05) is 30.0 Å². The topological polar surface area (TPSA) is 70.0 Å². The first-order chi connectivity index (χ1) is 9.58. The van der Waals surface area contributed by atoms with Crippen LogP contribution in [0.25, 0.3) is 0 Å². The van der Waals surface area contributed by atoms with Gasteiger partial charge in [-0.25, -0.2) is 0 Å². The number of aryl methyl sites for hydroxylation is 1. The van der Waals surface area contributed by atoms with Gasteiger partial charge in [-0.2, -0.15) is 0 Å². The number of hydrogen-bond acceptors (Lipinski definition) is 5. The van der Waals surface area contributed by atoms with Gasteiger partial charge >= 0.3 is 5.97 Å². The molecule has 6 heteroatoms. The SMILES string of the molecule is Cc1ccc2c(c1)C(O)C(N1CSCC1C(=O)O)CO2. The molecule has 3 rings (SSSR count). The molecule has 0 amide bonds. The highest BCUT2D eigenvalue weighted by atomic mass is 32.2. The first-order valence-electron chi connectivity index (χ1n) is 6.55. The molecule has 108 valence electrons. The summed E-state index contributed by atoms with van der Waals surface area (Å²) in [5.41, 5.74) is 1.81. The number of carboxylic acid groups (broad SMARTS) is 1. The van der Waals surface area contributed by atoms with Gasteiger partial charge in [0.15, 0.2) is 0 Å². The Morgan fingerprint density at radius 3 is 3.05 bits per heavy atom. The van der Waals surface area contributed by atoms with Crippen LogP contribution in [0.5, 0.6) is 5.75 Å². The summed E-state index contributed by atoms with van der Waals surface area (Å²) in [7, 11) is 0. The third kappa shape index (κ3) is 2.28. The smallest absolute Gasteiger partial charge is 0.321 e. The Morgan fingerprint density at radius 2 is 2.30 bits per heavy atom. The number of aliphatic hydroxyl groups excluding tert-OH is 1. The van der Waals surface area contributed by atoms with E-state index < -0.39 is 18.1 Å². The average Bonchev–Trinajstić information content (AvgIpc) is 2.89. The van der Waals surface area contributed by atoms with Crippen molar-refractivity contribution in [1.29, 1.82) is 0 Å². The predicted molar refractivity (Wildman–Crippen MR) is 76.0 cm³/mol. The lowest BCUT2D eigenvalue weighted by Crippen LogP contribution is -2.51. The minimum absolute atomic E-state index is 0.305. The van der Waals surface area contributed by atoms with E-state index >= 15 is 0 Å². The predicted octanol–water partition coefficient (Wildman–Crippen LogP) is 1.25. The quantitative estimate of drug-likeness (QED) is 0.856. The zero-order chi connectivity index (χ0) is 14.3. The molecule has 1 aromatic rings. The first kappa shape index (κ1) is 13.7. The van der Waals surface area contributed by atoms with Gasteiger partial charge < -0.3 is 14.9 Å². The van der Waals surface area contributed by atoms with Gasteiger partial charge in [0, 0.05) is 17.2 Å². The zero-order valence-corrected chi connectivity index (χ0v) is 12.0. The van der Waals surface area contributed by atoms with Crippen molar-refractivity contribution in [3.05, 3.63) is 29.3 Å². The molecule has 1 aromatic carbocycles. The zero-order valence-electron chi connectivity index (χ0n) is 11.2. The van der Waals surface area contributed by atoms with Crippen LogP contribution in [0.1, 0.15) is 17.2 Å². The number of carbonyl (C=O) groups is 1. The number of aliphatic hydroxyl groups is 1. The number of thioether (sulfide) groups is 1. The summed E-state index contributed by atoms with van der Waals surface area (Å²) >= 11 is 1.58. The molecule has 0 aromatic heterocycles. The number of benzene rings is 1. The highest BCUT2D eigenvalue weighted by Gasteiger charge is 2.42. The normalized spacial score (nSPS) is 29.8. The minimum Gasteiger partial charge on any atom is -0.491 e. The Balaban J connectivity index is 1.88. The molecule has 2 N–H and O–H groups in total. The van der Waals surface area contributed by atoms with Crippen LogP contribution in [-0.4, -0.2) is 51.4 Å². The van der Waals surface area contributed by atoms with E-state index in [2.05, 4.69) is 0 Å². The van der Waals surface area contributed by atoms with E-state index in [9.17, 15) is 15.0 Å². The van der Waals surface area contributed by atoms with E-state index in [1.54, 1.807) is 11.8 Å². The molecular weight excluding hydrogens is 278 g/mol.